The number of benzene rings is 1. The van der Waals surface area contributed by atoms with Crippen LogP contribution in [0.3, 0.4) is 0 Å². The number of ether oxygens (including phenoxy) is 1. The highest BCUT2D eigenvalue weighted by atomic mass is 16.5. The first-order valence-corrected chi connectivity index (χ1v) is 10.4. The smallest absolute Gasteiger partial charge is 0.255 e. The molecule has 1 atom stereocenters. The Bertz CT molecular complexity index is 1190. The average Bonchev–Trinajstić information content (AvgIpc) is 3.38. The lowest BCUT2D eigenvalue weighted by atomic mass is 10.0. The molecule has 9 heteroatoms. The van der Waals surface area contributed by atoms with Crippen LogP contribution in [-0.4, -0.2) is 42.7 Å². The van der Waals surface area contributed by atoms with Crippen molar-refractivity contribution in [2.75, 3.05) is 0 Å². The number of carbonyl (C=O) groups excluding carboxylic acids is 2. The van der Waals surface area contributed by atoms with E-state index in [1.807, 2.05) is 24.4 Å². The molecule has 1 N–H and O–H groups in total. The molecule has 2 aliphatic heterocycles. The number of rotatable bonds is 6. The summed E-state index contributed by atoms with van der Waals surface area (Å²) in [7, 11) is 0. The van der Waals surface area contributed by atoms with Crippen molar-refractivity contribution in [2.24, 2.45) is 0 Å². The minimum Gasteiger partial charge on any atom is -0.487 e. The summed E-state index contributed by atoms with van der Waals surface area (Å²) >= 11 is 0. The second-order valence-electron chi connectivity index (χ2n) is 7.91. The third-order valence-corrected chi connectivity index (χ3v) is 5.71. The first kappa shape index (κ1) is 19.9. The van der Waals surface area contributed by atoms with Crippen molar-refractivity contribution in [3.63, 3.8) is 0 Å². The topological polar surface area (TPSA) is 102 Å². The lowest BCUT2D eigenvalue weighted by Gasteiger charge is -2.30. The Labute approximate surface area is 184 Å². The molecule has 4 heterocycles. The van der Waals surface area contributed by atoms with Crippen LogP contribution in [0.15, 0.2) is 61.2 Å². The van der Waals surface area contributed by atoms with Gasteiger partial charge in [0, 0.05) is 29.2 Å². The van der Waals surface area contributed by atoms with E-state index < -0.39 is 6.04 Å². The summed E-state index contributed by atoms with van der Waals surface area (Å²) in [6.45, 7) is 4.96. The van der Waals surface area contributed by atoms with E-state index in [0.29, 0.717) is 48.6 Å². The van der Waals surface area contributed by atoms with Crippen molar-refractivity contribution < 1.29 is 14.3 Å². The molecule has 2 aliphatic rings. The average molecular weight is 430 g/mol. The van der Waals surface area contributed by atoms with Crippen LogP contribution in [-0.2, 0) is 24.5 Å². The fourth-order valence-electron chi connectivity index (χ4n) is 4.08. The molecule has 0 bridgehead atoms. The summed E-state index contributed by atoms with van der Waals surface area (Å²) in [5, 5.41) is 11.1. The van der Waals surface area contributed by atoms with Gasteiger partial charge in [0.2, 0.25) is 5.91 Å². The van der Waals surface area contributed by atoms with Gasteiger partial charge in [-0.2, -0.15) is 0 Å². The predicted molar refractivity (Wildman–Crippen MR) is 114 cm³/mol. The van der Waals surface area contributed by atoms with E-state index in [-0.39, 0.29) is 18.4 Å². The molecule has 0 radical (unpaired) electrons. The number of fused-ring (bicyclic) bond motifs is 1. The van der Waals surface area contributed by atoms with Gasteiger partial charge in [-0.15, -0.1) is 5.10 Å². The van der Waals surface area contributed by atoms with Crippen LogP contribution in [0.5, 0.6) is 5.75 Å². The van der Waals surface area contributed by atoms with Crippen molar-refractivity contribution in [3.8, 4) is 5.75 Å². The van der Waals surface area contributed by atoms with Gasteiger partial charge < -0.3 is 15.0 Å². The molecule has 0 saturated carbocycles. The van der Waals surface area contributed by atoms with Crippen LogP contribution in [0.1, 0.15) is 40.0 Å². The number of aromatic nitrogens is 4. The van der Waals surface area contributed by atoms with Gasteiger partial charge in [-0.25, -0.2) is 4.68 Å². The second-order valence-corrected chi connectivity index (χ2v) is 7.91. The molecular formula is C23H22N6O3. The quantitative estimate of drug-likeness (QED) is 0.642. The van der Waals surface area contributed by atoms with E-state index in [0.717, 1.165) is 11.1 Å². The molecule has 9 nitrogen and oxygen atoms in total. The maximum atomic E-state index is 13.0. The summed E-state index contributed by atoms with van der Waals surface area (Å²) in [6, 6.07) is 8.75. The Hall–Kier alpha value is -4.01. The third-order valence-electron chi connectivity index (χ3n) is 5.71. The molecule has 1 fully saturated rings. The number of pyridine rings is 1. The van der Waals surface area contributed by atoms with Gasteiger partial charge in [-0.3, -0.25) is 14.6 Å². The number of hydrogen-bond donors (Lipinski definition) is 1. The Kier molecular flexibility index (Phi) is 5.14. The molecule has 3 aromatic rings. The van der Waals surface area contributed by atoms with Crippen LogP contribution in [0, 0.1) is 0 Å². The summed E-state index contributed by atoms with van der Waals surface area (Å²) < 4.78 is 7.75. The zero-order chi connectivity index (χ0) is 22.1. The van der Waals surface area contributed by atoms with Gasteiger partial charge in [0.05, 0.1) is 19.3 Å². The van der Waals surface area contributed by atoms with Gasteiger partial charge in [0.25, 0.3) is 5.91 Å². The van der Waals surface area contributed by atoms with E-state index in [4.69, 9.17) is 4.74 Å². The van der Waals surface area contributed by atoms with Gasteiger partial charge in [0.15, 0.2) is 0 Å². The fraction of sp³-hybridized carbons (Fsp3) is 0.261. The minimum atomic E-state index is -0.499. The molecule has 0 aliphatic carbocycles. The molecule has 2 aromatic heterocycles. The number of allylic oxidation sites excluding steroid dienone is 1. The standard InChI is InChI=1S/C23H22N6O3/c1-15-5-6-20(22(30)25-15)29-13-19-18(23(29)31)3-2-4-21(19)32-14-17-12-28(27-26-17)11-16-7-9-24-10-8-16/h2-4,7-10,12,20H,1,5-6,11,13-14H2,(H,25,30). The number of piperidine rings is 1. The van der Waals surface area contributed by atoms with Crippen LogP contribution in [0.25, 0.3) is 0 Å². The van der Waals surface area contributed by atoms with Crippen LogP contribution >= 0.6 is 0 Å². The van der Waals surface area contributed by atoms with Crippen LogP contribution in [0.2, 0.25) is 0 Å². The van der Waals surface area contributed by atoms with Crippen molar-refractivity contribution >= 4 is 11.8 Å². The number of hydrogen-bond acceptors (Lipinski definition) is 6. The van der Waals surface area contributed by atoms with E-state index in [1.54, 1.807) is 34.1 Å². The van der Waals surface area contributed by atoms with Crippen molar-refractivity contribution in [1.29, 1.82) is 0 Å². The maximum Gasteiger partial charge on any atom is 0.255 e. The molecule has 32 heavy (non-hydrogen) atoms. The molecule has 1 unspecified atom stereocenters. The summed E-state index contributed by atoms with van der Waals surface area (Å²) in [5.74, 6) is 0.278. The Balaban J connectivity index is 1.27. The van der Waals surface area contributed by atoms with Crippen molar-refractivity contribution in [3.05, 3.63) is 83.6 Å². The summed E-state index contributed by atoms with van der Waals surface area (Å²) in [6.07, 6.45) is 6.55. The Morgan fingerprint density at radius 1 is 1.19 bits per heavy atom. The molecule has 0 spiro atoms. The van der Waals surface area contributed by atoms with E-state index in [2.05, 4.69) is 27.2 Å². The van der Waals surface area contributed by atoms with Crippen molar-refractivity contribution in [1.82, 2.24) is 30.2 Å². The van der Waals surface area contributed by atoms with Crippen LogP contribution < -0.4 is 10.1 Å². The fourth-order valence-corrected chi connectivity index (χ4v) is 4.08. The number of nitrogens with zero attached hydrogens (tertiary/aromatic N) is 5. The minimum absolute atomic E-state index is 0.151. The van der Waals surface area contributed by atoms with E-state index in [1.165, 1.54) is 0 Å². The van der Waals surface area contributed by atoms with E-state index in [9.17, 15) is 9.59 Å². The first-order chi connectivity index (χ1) is 15.6. The molecule has 5 rings (SSSR count). The van der Waals surface area contributed by atoms with E-state index >= 15 is 0 Å². The maximum absolute atomic E-state index is 13.0. The Morgan fingerprint density at radius 2 is 2.03 bits per heavy atom. The first-order valence-electron chi connectivity index (χ1n) is 10.4. The SMILES string of the molecule is C=C1CCC(N2Cc3c(OCc4cn(Cc5ccncc5)nn4)cccc3C2=O)C(=O)N1. The molecule has 162 valence electrons. The van der Waals surface area contributed by atoms with Gasteiger partial charge in [-0.05, 0) is 42.7 Å². The summed E-state index contributed by atoms with van der Waals surface area (Å²) in [4.78, 5) is 31.0. The van der Waals surface area contributed by atoms with Gasteiger partial charge in [0.1, 0.15) is 24.1 Å². The molecule has 2 amide bonds. The monoisotopic (exact) mass is 430 g/mol. The molecule has 1 saturated heterocycles. The number of nitrogens with one attached hydrogen (secondary N) is 1. The predicted octanol–water partition coefficient (Wildman–Crippen LogP) is 2.05. The molecular weight excluding hydrogens is 408 g/mol. The third kappa shape index (κ3) is 3.84. The highest BCUT2D eigenvalue weighted by Crippen LogP contribution is 2.34. The summed E-state index contributed by atoms with van der Waals surface area (Å²) in [5.41, 5.74) is 3.81. The van der Waals surface area contributed by atoms with Gasteiger partial charge >= 0.3 is 0 Å². The highest BCUT2D eigenvalue weighted by Gasteiger charge is 2.39. The lowest BCUT2D eigenvalue weighted by molar-refractivity contribution is -0.126. The van der Waals surface area contributed by atoms with Gasteiger partial charge in [-0.1, -0.05) is 17.9 Å². The molecule has 1 aromatic carbocycles. The number of amides is 2. The zero-order valence-corrected chi connectivity index (χ0v) is 17.4. The number of carbonyl (C=O) groups is 2. The van der Waals surface area contributed by atoms with Crippen molar-refractivity contribution in [2.45, 2.75) is 38.6 Å². The normalized spacial score (nSPS) is 17.9. The lowest BCUT2D eigenvalue weighted by Crippen LogP contribution is -2.49. The largest absolute Gasteiger partial charge is 0.487 e. The second kappa shape index (κ2) is 8.26. The highest BCUT2D eigenvalue weighted by molar-refractivity contribution is 6.02. The zero-order valence-electron chi connectivity index (χ0n) is 17.4. The van der Waals surface area contributed by atoms with Crippen LogP contribution in [0.4, 0.5) is 0 Å². The Morgan fingerprint density at radius 3 is 2.84 bits per heavy atom.